The van der Waals surface area contributed by atoms with E-state index in [4.69, 9.17) is 5.11 Å². The predicted octanol–water partition coefficient (Wildman–Crippen LogP) is 0.562. The fraction of sp³-hybridized carbons (Fsp3) is 0.818. The largest absolute Gasteiger partial charge is 0.395 e. The highest BCUT2D eigenvalue weighted by Gasteiger charge is 2.14. The lowest BCUT2D eigenvalue weighted by Crippen LogP contribution is -2.47. The van der Waals surface area contributed by atoms with Gasteiger partial charge in [-0.1, -0.05) is 11.6 Å². The lowest BCUT2D eigenvalue weighted by atomic mass is 10.2. The van der Waals surface area contributed by atoms with Crippen LogP contribution in [-0.4, -0.2) is 60.8 Å². The molecule has 1 fully saturated rings. The maximum Gasteiger partial charge on any atom is 0.0558 e. The molecule has 1 rings (SSSR count). The first-order valence-electron chi connectivity index (χ1n) is 5.41. The minimum absolute atomic E-state index is 0.286. The van der Waals surface area contributed by atoms with Crippen LogP contribution in [0.25, 0.3) is 0 Å². The van der Waals surface area contributed by atoms with Gasteiger partial charge in [-0.2, -0.15) is 0 Å². The van der Waals surface area contributed by atoms with E-state index in [9.17, 15) is 0 Å². The van der Waals surface area contributed by atoms with Crippen LogP contribution in [0, 0.1) is 0 Å². The van der Waals surface area contributed by atoms with Gasteiger partial charge in [-0.05, 0) is 13.8 Å². The number of allylic oxidation sites excluding steroid dienone is 1. The van der Waals surface area contributed by atoms with Crippen LogP contribution in [0.3, 0.4) is 0 Å². The summed E-state index contributed by atoms with van der Waals surface area (Å²) in [6, 6.07) is 0. The van der Waals surface area contributed by atoms with Gasteiger partial charge in [0, 0.05) is 39.3 Å². The number of aliphatic hydroxyl groups is 1. The Kier molecular flexibility index (Phi) is 5.15. The third kappa shape index (κ3) is 4.22. The van der Waals surface area contributed by atoms with E-state index in [1.165, 1.54) is 5.57 Å². The molecule has 0 atom stereocenters. The van der Waals surface area contributed by atoms with Gasteiger partial charge < -0.3 is 5.11 Å². The Morgan fingerprint density at radius 3 is 2.21 bits per heavy atom. The van der Waals surface area contributed by atoms with Crippen LogP contribution < -0.4 is 0 Å². The summed E-state index contributed by atoms with van der Waals surface area (Å²) < 4.78 is 0. The van der Waals surface area contributed by atoms with Gasteiger partial charge in [0.25, 0.3) is 0 Å². The van der Waals surface area contributed by atoms with Gasteiger partial charge >= 0.3 is 0 Å². The summed E-state index contributed by atoms with van der Waals surface area (Å²) in [7, 11) is 0. The summed E-state index contributed by atoms with van der Waals surface area (Å²) in [5.41, 5.74) is 1.39. The Morgan fingerprint density at radius 2 is 1.71 bits per heavy atom. The Balaban J connectivity index is 2.19. The molecule has 1 saturated heterocycles. The van der Waals surface area contributed by atoms with Crippen molar-refractivity contribution in [1.82, 2.24) is 9.80 Å². The molecule has 0 spiro atoms. The van der Waals surface area contributed by atoms with Crippen molar-refractivity contribution in [2.75, 3.05) is 45.9 Å². The number of β-amino-alcohol motifs (C(OH)–C–C–N with tert-alkyl or cyclic N) is 1. The van der Waals surface area contributed by atoms with Crippen molar-refractivity contribution in [1.29, 1.82) is 0 Å². The summed E-state index contributed by atoms with van der Waals surface area (Å²) in [4.78, 5) is 4.78. The Bertz CT molecular complexity index is 180. The maximum absolute atomic E-state index is 8.80. The molecule has 0 radical (unpaired) electrons. The van der Waals surface area contributed by atoms with E-state index in [2.05, 4.69) is 29.7 Å². The zero-order valence-electron chi connectivity index (χ0n) is 9.37. The first kappa shape index (κ1) is 11.7. The molecule has 3 heteroatoms. The average molecular weight is 198 g/mol. The molecule has 0 aromatic rings. The molecular formula is C11H22N2O. The number of hydrogen-bond acceptors (Lipinski definition) is 3. The summed E-state index contributed by atoms with van der Waals surface area (Å²) in [6.07, 6.45) is 2.28. The van der Waals surface area contributed by atoms with Crippen LogP contribution in [0.4, 0.5) is 0 Å². The molecule has 0 bridgehead atoms. The quantitative estimate of drug-likeness (QED) is 0.669. The van der Waals surface area contributed by atoms with Crippen LogP contribution in [-0.2, 0) is 0 Å². The van der Waals surface area contributed by atoms with Crippen molar-refractivity contribution in [2.24, 2.45) is 0 Å². The third-order valence-corrected chi connectivity index (χ3v) is 2.64. The van der Waals surface area contributed by atoms with E-state index in [1.807, 2.05) is 0 Å². The molecule has 1 heterocycles. The van der Waals surface area contributed by atoms with E-state index in [1.54, 1.807) is 0 Å². The summed E-state index contributed by atoms with van der Waals surface area (Å²) in [5.74, 6) is 0. The van der Waals surface area contributed by atoms with Crippen LogP contribution in [0.15, 0.2) is 11.6 Å². The standard InChI is InChI=1S/C11H22N2O/c1-11(2)3-4-12-5-7-13(8-6-12)9-10-14/h3,14H,4-10H2,1-2H3. The Morgan fingerprint density at radius 1 is 1.14 bits per heavy atom. The van der Waals surface area contributed by atoms with Gasteiger partial charge in [0.2, 0.25) is 0 Å². The normalized spacial score (nSPS) is 19.6. The fourth-order valence-electron chi connectivity index (χ4n) is 1.65. The highest BCUT2D eigenvalue weighted by molar-refractivity contribution is 4.95. The Labute approximate surface area is 87.0 Å². The lowest BCUT2D eigenvalue weighted by Gasteiger charge is -2.33. The van der Waals surface area contributed by atoms with Crippen molar-refractivity contribution >= 4 is 0 Å². The predicted molar refractivity (Wildman–Crippen MR) is 59.4 cm³/mol. The molecule has 1 N–H and O–H groups in total. The number of rotatable bonds is 4. The van der Waals surface area contributed by atoms with Crippen molar-refractivity contribution in [2.45, 2.75) is 13.8 Å². The second-order valence-electron chi connectivity index (χ2n) is 4.15. The Hall–Kier alpha value is -0.380. The van der Waals surface area contributed by atoms with E-state index >= 15 is 0 Å². The third-order valence-electron chi connectivity index (χ3n) is 2.64. The second-order valence-corrected chi connectivity index (χ2v) is 4.15. The molecule has 1 aliphatic heterocycles. The van der Waals surface area contributed by atoms with Crippen LogP contribution in [0.5, 0.6) is 0 Å². The highest BCUT2D eigenvalue weighted by atomic mass is 16.3. The monoisotopic (exact) mass is 198 g/mol. The minimum Gasteiger partial charge on any atom is -0.395 e. The fourth-order valence-corrected chi connectivity index (χ4v) is 1.65. The van der Waals surface area contributed by atoms with Crippen LogP contribution >= 0.6 is 0 Å². The number of aliphatic hydroxyl groups excluding tert-OH is 1. The van der Waals surface area contributed by atoms with Gasteiger partial charge in [-0.15, -0.1) is 0 Å². The molecule has 0 aliphatic carbocycles. The van der Waals surface area contributed by atoms with Crippen LogP contribution in [0.1, 0.15) is 13.8 Å². The van der Waals surface area contributed by atoms with E-state index in [0.29, 0.717) is 0 Å². The molecule has 14 heavy (non-hydrogen) atoms. The van der Waals surface area contributed by atoms with E-state index in [-0.39, 0.29) is 6.61 Å². The van der Waals surface area contributed by atoms with Crippen LogP contribution in [0.2, 0.25) is 0 Å². The zero-order chi connectivity index (χ0) is 10.4. The molecule has 1 aliphatic rings. The first-order valence-corrected chi connectivity index (χ1v) is 5.41. The molecule has 0 unspecified atom stereocenters. The smallest absolute Gasteiger partial charge is 0.0558 e. The molecule has 0 aromatic heterocycles. The van der Waals surface area contributed by atoms with Crippen molar-refractivity contribution in [3.63, 3.8) is 0 Å². The summed E-state index contributed by atoms with van der Waals surface area (Å²) in [5, 5.41) is 8.80. The molecular weight excluding hydrogens is 176 g/mol. The number of piperazine rings is 1. The highest BCUT2D eigenvalue weighted by Crippen LogP contribution is 2.01. The van der Waals surface area contributed by atoms with Gasteiger partial charge in [-0.25, -0.2) is 0 Å². The van der Waals surface area contributed by atoms with E-state index < -0.39 is 0 Å². The summed E-state index contributed by atoms with van der Waals surface area (Å²) in [6.45, 7) is 10.9. The number of hydrogen-bond donors (Lipinski definition) is 1. The lowest BCUT2D eigenvalue weighted by molar-refractivity contribution is 0.120. The molecule has 3 nitrogen and oxygen atoms in total. The minimum atomic E-state index is 0.286. The topological polar surface area (TPSA) is 26.7 Å². The van der Waals surface area contributed by atoms with Crippen molar-refractivity contribution in [3.8, 4) is 0 Å². The van der Waals surface area contributed by atoms with Gasteiger partial charge in [0.1, 0.15) is 0 Å². The van der Waals surface area contributed by atoms with Crippen molar-refractivity contribution in [3.05, 3.63) is 11.6 Å². The molecule has 82 valence electrons. The number of nitrogens with zero attached hydrogens (tertiary/aromatic N) is 2. The molecule has 0 aromatic carbocycles. The van der Waals surface area contributed by atoms with Crippen molar-refractivity contribution < 1.29 is 5.11 Å². The summed E-state index contributed by atoms with van der Waals surface area (Å²) >= 11 is 0. The molecule has 0 saturated carbocycles. The van der Waals surface area contributed by atoms with E-state index in [0.717, 1.165) is 39.3 Å². The zero-order valence-corrected chi connectivity index (χ0v) is 9.37. The first-order chi connectivity index (χ1) is 6.72. The molecule has 0 amide bonds. The second kappa shape index (κ2) is 6.17. The van der Waals surface area contributed by atoms with Gasteiger partial charge in [0.15, 0.2) is 0 Å². The average Bonchev–Trinajstić information content (AvgIpc) is 2.17. The van der Waals surface area contributed by atoms with Gasteiger partial charge in [0.05, 0.1) is 6.61 Å². The maximum atomic E-state index is 8.80. The van der Waals surface area contributed by atoms with Gasteiger partial charge in [-0.3, -0.25) is 9.80 Å². The SMILES string of the molecule is CC(C)=CCN1CCN(CCO)CC1.